The number of hydrogen-bond acceptors (Lipinski definition) is 3. The van der Waals surface area contributed by atoms with Crippen LogP contribution in [0.1, 0.15) is 31.7 Å². The average Bonchev–Trinajstić information content (AvgIpc) is 3.19. The minimum atomic E-state index is -0.841. The predicted molar refractivity (Wildman–Crippen MR) is 103 cm³/mol. The molecule has 0 aliphatic carbocycles. The summed E-state index contributed by atoms with van der Waals surface area (Å²) in [6, 6.07) is 8.63. The van der Waals surface area contributed by atoms with Crippen LogP contribution < -0.4 is 0 Å². The number of hydrogen-bond donors (Lipinski definition) is 1. The molecule has 27 heavy (non-hydrogen) atoms. The number of aryl methyl sites for hydroxylation is 1. The first kappa shape index (κ1) is 18.0. The van der Waals surface area contributed by atoms with Crippen molar-refractivity contribution in [1.29, 1.82) is 0 Å². The second-order valence-electron chi connectivity index (χ2n) is 7.88. The zero-order valence-corrected chi connectivity index (χ0v) is 16.0. The lowest BCUT2D eigenvalue weighted by Gasteiger charge is -2.45. The first-order valence-electron chi connectivity index (χ1n) is 9.75. The van der Waals surface area contributed by atoms with Crippen molar-refractivity contribution < 1.29 is 14.7 Å². The highest BCUT2D eigenvalue weighted by Gasteiger charge is 2.55. The molecule has 4 rings (SSSR count). The lowest BCUT2D eigenvalue weighted by Crippen LogP contribution is -2.55. The molecule has 2 aliphatic heterocycles. The molecule has 1 atom stereocenters. The van der Waals surface area contributed by atoms with Crippen molar-refractivity contribution in [2.75, 3.05) is 20.1 Å². The zero-order valence-electron chi connectivity index (χ0n) is 16.0. The molecule has 6 heteroatoms. The van der Waals surface area contributed by atoms with Gasteiger partial charge in [-0.15, -0.1) is 0 Å². The van der Waals surface area contributed by atoms with E-state index in [2.05, 4.69) is 46.9 Å². The minimum Gasteiger partial charge on any atom is -0.481 e. The molecular formula is C21H27N3O3. The van der Waals surface area contributed by atoms with Crippen molar-refractivity contribution in [3.05, 3.63) is 36.0 Å². The van der Waals surface area contributed by atoms with E-state index < -0.39 is 17.4 Å². The summed E-state index contributed by atoms with van der Waals surface area (Å²) in [5.41, 5.74) is 2.05. The van der Waals surface area contributed by atoms with Crippen LogP contribution in [0.4, 0.5) is 0 Å². The van der Waals surface area contributed by atoms with Crippen LogP contribution in [0.5, 0.6) is 0 Å². The normalized spacial score (nSPS) is 22.8. The van der Waals surface area contributed by atoms with Gasteiger partial charge in [0.15, 0.2) is 0 Å². The van der Waals surface area contributed by atoms with Gasteiger partial charge in [0.25, 0.3) is 0 Å². The van der Waals surface area contributed by atoms with Crippen LogP contribution in [0.15, 0.2) is 30.5 Å². The van der Waals surface area contributed by atoms with Gasteiger partial charge in [-0.25, -0.2) is 0 Å². The molecule has 1 aromatic carbocycles. The van der Waals surface area contributed by atoms with E-state index in [0.29, 0.717) is 0 Å². The Labute approximate surface area is 159 Å². The van der Waals surface area contributed by atoms with E-state index in [1.807, 2.05) is 0 Å². The highest BCUT2D eigenvalue weighted by molar-refractivity contribution is 5.88. The maximum Gasteiger partial charge on any atom is 0.309 e. The maximum atomic E-state index is 12.2. The molecule has 2 aromatic rings. The van der Waals surface area contributed by atoms with Gasteiger partial charge >= 0.3 is 5.97 Å². The number of carboxylic acids is 1. The Bertz CT molecular complexity index is 880. The van der Waals surface area contributed by atoms with E-state index in [0.717, 1.165) is 39.0 Å². The highest BCUT2D eigenvalue weighted by atomic mass is 16.4. The first-order chi connectivity index (χ1) is 13.0. The number of aromatic nitrogens is 1. The molecule has 0 saturated carbocycles. The van der Waals surface area contributed by atoms with E-state index in [1.54, 1.807) is 11.9 Å². The summed E-state index contributed by atoms with van der Waals surface area (Å²) in [7, 11) is 1.77. The molecule has 0 unspecified atom stereocenters. The highest BCUT2D eigenvalue weighted by Crippen LogP contribution is 2.43. The minimum absolute atomic E-state index is 0.0403. The Morgan fingerprint density at radius 2 is 2.00 bits per heavy atom. The number of likely N-dealkylation sites (tertiary alicyclic amines) is 2. The summed E-state index contributed by atoms with van der Waals surface area (Å²) in [6.45, 7) is 5.58. The van der Waals surface area contributed by atoms with Crippen LogP contribution in [0.2, 0.25) is 0 Å². The molecule has 1 amide bonds. The van der Waals surface area contributed by atoms with Gasteiger partial charge in [-0.2, -0.15) is 0 Å². The number of carboxylic acid groups (broad SMARTS) is 1. The average molecular weight is 369 g/mol. The number of benzene rings is 1. The number of carbonyl (C=O) groups is 2. The molecule has 144 valence electrons. The summed E-state index contributed by atoms with van der Waals surface area (Å²) in [5.74, 6) is -1.47. The predicted octanol–water partition coefficient (Wildman–Crippen LogP) is 2.56. The Morgan fingerprint density at radius 1 is 1.26 bits per heavy atom. The number of amides is 1. The molecule has 6 nitrogen and oxygen atoms in total. The van der Waals surface area contributed by atoms with E-state index in [4.69, 9.17) is 0 Å². The third-order valence-corrected chi connectivity index (χ3v) is 6.73. The van der Waals surface area contributed by atoms with Crippen molar-refractivity contribution in [1.82, 2.24) is 14.4 Å². The summed E-state index contributed by atoms with van der Waals surface area (Å²) in [6.07, 6.45) is 3.71. The number of fused-ring (bicyclic) bond motifs is 1. The second kappa shape index (κ2) is 6.68. The summed E-state index contributed by atoms with van der Waals surface area (Å²) < 4.78 is 2.25. The van der Waals surface area contributed by atoms with Crippen molar-refractivity contribution >= 4 is 22.8 Å². The van der Waals surface area contributed by atoms with Gasteiger partial charge in [0.2, 0.25) is 5.91 Å². The monoisotopic (exact) mass is 369 g/mol. The van der Waals surface area contributed by atoms with Gasteiger partial charge in [-0.05, 0) is 37.5 Å². The molecule has 2 aliphatic rings. The van der Waals surface area contributed by atoms with Crippen LogP contribution in [-0.2, 0) is 22.7 Å². The van der Waals surface area contributed by atoms with E-state index in [1.165, 1.54) is 16.5 Å². The quantitative estimate of drug-likeness (QED) is 0.900. The van der Waals surface area contributed by atoms with Crippen molar-refractivity contribution in [3.8, 4) is 0 Å². The molecule has 2 fully saturated rings. The summed E-state index contributed by atoms with van der Waals surface area (Å²) in [4.78, 5) is 28.0. The zero-order chi connectivity index (χ0) is 19.2. The van der Waals surface area contributed by atoms with Gasteiger partial charge in [-0.1, -0.05) is 12.1 Å². The molecule has 2 saturated heterocycles. The van der Waals surface area contributed by atoms with Crippen LogP contribution in [0, 0.1) is 5.92 Å². The van der Waals surface area contributed by atoms with Gasteiger partial charge in [0.1, 0.15) is 0 Å². The number of piperidine rings is 1. The molecule has 3 heterocycles. The van der Waals surface area contributed by atoms with E-state index in [-0.39, 0.29) is 12.3 Å². The standard InChI is InChI=1S/C21H27N3O3/c1-3-24-10-7-16-15(5-4-6-18(16)24)14-23-11-8-21(9-12-23)17(20(26)27)13-19(25)22(21)2/h4-7,10,17H,3,8-9,11-14H2,1-2H3,(H,26,27)/t17-/m1/s1. The number of nitrogens with zero attached hydrogens (tertiary/aromatic N) is 3. The van der Waals surface area contributed by atoms with Crippen LogP contribution >= 0.6 is 0 Å². The van der Waals surface area contributed by atoms with Gasteiger partial charge < -0.3 is 14.6 Å². The lowest BCUT2D eigenvalue weighted by atomic mass is 9.77. The topological polar surface area (TPSA) is 65.8 Å². The molecule has 0 radical (unpaired) electrons. The van der Waals surface area contributed by atoms with Crippen molar-refractivity contribution in [3.63, 3.8) is 0 Å². The molecule has 1 spiro atoms. The van der Waals surface area contributed by atoms with Gasteiger partial charge in [0.05, 0.1) is 11.5 Å². The third kappa shape index (κ3) is 2.83. The maximum absolute atomic E-state index is 12.2. The van der Waals surface area contributed by atoms with Crippen molar-refractivity contribution in [2.24, 2.45) is 5.92 Å². The fourth-order valence-corrected chi connectivity index (χ4v) is 5.02. The largest absolute Gasteiger partial charge is 0.481 e. The van der Waals surface area contributed by atoms with Crippen LogP contribution in [0.25, 0.3) is 10.9 Å². The Balaban J connectivity index is 1.51. The number of rotatable bonds is 4. The fraction of sp³-hybridized carbons (Fsp3) is 0.524. The lowest BCUT2D eigenvalue weighted by molar-refractivity contribution is -0.146. The van der Waals surface area contributed by atoms with E-state index in [9.17, 15) is 14.7 Å². The Hall–Kier alpha value is -2.34. The molecule has 0 bridgehead atoms. The SMILES string of the molecule is CCn1ccc2c(CN3CCC4(CC3)[C@@H](C(=O)O)CC(=O)N4C)cccc21. The van der Waals surface area contributed by atoms with Gasteiger partial charge in [0, 0.05) is 56.7 Å². The van der Waals surface area contributed by atoms with Crippen LogP contribution in [0.3, 0.4) is 0 Å². The number of carbonyl (C=O) groups excluding carboxylic acids is 1. The van der Waals surface area contributed by atoms with Gasteiger partial charge in [-0.3, -0.25) is 14.5 Å². The Kier molecular flexibility index (Phi) is 4.46. The second-order valence-corrected chi connectivity index (χ2v) is 7.88. The third-order valence-electron chi connectivity index (χ3n) is 6.73. The van der Waals surface area contributed by atoms with Crippen LogP contribution in [-0.4, -0.2) is 57.0 Å². The molecule has 1 N–H and O–H groups in total. The smallest absolute Gasteiger partial charge is 0.309 e. The van der Waals surface area contributed by atoms with E-state index >= 15 is 0 Å². The fourth-order valence-electron chi connectivity index (χ4n) is 5.02. The molecular weight excluding hydrogens is 342 g/mol. The van der Waals surface area contributed by atoms with Crippen molar-refractivity contribution in [2.45, 2.75) is 44.8 Å². The molecule has 1 aromatic heterocycles. The summed E-state index contributed by atoms with van der Waals surface area (Å²) >= 11 is 0. The summed E-state index contributed by atoms with van der Waals surface area (Å²) in [5, 5.41) is 10.9. The first-order valence-corrected chi connectivity index (χ1v) is 9.75. The Morgan fingerprint density at radius 3 is 2.67 bits per heavy atom. The number of aliphatic carboxylic acids is 1.